The van der Waals surface area contributed by atoms with Gasteiger partial charge in [0, 0.05) is 51.3 Å². The lowest BCUT2D eigenvalue weighted by Crippen LogP contribution is -2.52. The molecule has 5 nitrogen and oxygen atoms in total. The van der Waals surface area contributed by atoms with Crippen molar-refractivity contribution < 1.29 is 14.9 Å². The number of aliphatic hydroxyl groups is 2. The number of hydrogen-bond donors (Lipinski definition) is 2. The molecule has 0 saturated carbocycles. The average molecular weight is 258 g/mol. The second kappa shape index (κ2) is 6.82. The van der Waals surface area contributed by atoms with Crippen LogP contribution in [0.3, 0.4) is 0 Å². The number of aliphatic hydroxyl groups excluding tert-OH is 2. The van der Waals surface area contributed by atoms with Gasteiger partial charge in [0.2, 0.25) is 0 Å². The van der Waals surface area contributed by atoms with E-state index in [1.165, 1.54) is 0 Å². The Bertz CT molecular complexity index is 236. The fraction of sp³-hybridized carbons (Fsp3) is 1.00. The van der Waals surface area contributed by atoms with E-state index in [0.29, 0.717) is 6.61 Å². The molecule has 1 atom stereocenters. The van der Waals surface area contributed by atoms with Crippen molar-refractivity contribution in [2.75, 3.05) is 65.7 Å². The lowest BCUT2D eigenvalue weighted by atomic mass is 9.82. The van der Waals surface area contributed by atoms with Gasteiger partial charge >= 0.3 is 0 Å². The largest absolute Gasteiger partial charge is 0.396 e. The Kier molecular flexibility index (Phi) is 5.38. The van der Waals surface area contributed by atoms with Crippen molar-refractivity contribution in [1.29, 1.82) is 0 Å². The maximum absolute atomic E-state index is 9.66. The Morgan fingerprint density at radius 1 is 1.06 bits per heavy atom. The van der Waals surface area contributed by atoms with Crippen LogP contribution in [0.15, 0.2) is 0 Å². The molecule has 1 unspecified atom stereocenters. The highest BCUT2D eigenvalue weighted by atomic mass is 16.5. The van der Waals surface area contributed by atoms with E-state index >= 15 is 0 Å². The molecular formula is C13H26N2O3. The summed E-state index contributed by atoms with van der Waals surface area (Å²) in [7, 11) is 0. The van der Waals surface area contributed by atoms with Crippen molar-refractivity contribution in [3.8, 4) is 0 Å². The van der Waals surface area contributed by atoms with Crippen molar-refractivity contribution in [3.05, 3.63) is 0 Å². The van der Waals surface area contributed by atoms with Crippen LogP contribution in [0, 0.1) is 5.41 Å². The molecule has 0 aromatic carbocycles. The third-order valence-corrected chi connectivity index (χ3v) is 4.18. The predicted molar refractivity (Wildman–Crippen MR) is 69.5 cm³/mol. The van der Waals surface area contributed by atoms with Crippen LogP contribution in [0.25, 0.3) is 0 Å². The van der Waals surface area contributed by atoms with E-state index in [2.05, 4.69) is 9.80 Å². The molecule has 18 heavy (non-hydrogen) atoms. The monoisotopic (exact) mass is 258 g/mol. The maximum Gasteiger partial charge on any atom is 0.0558 e. The summed E-state index contributed by atoms with van der Waals surface area (Å²) in [6.45, 7) is 7.82. The van der Waals surface area contributed by atoms with Gasteiger partial charge in [0.05, 0.1) is 19.8 Å². The van der Waals surface area contributed by atoms with Gasteiger partial charge in [-0.1, -0.05) is 0 Å². The third-order valence-electron chi connectivity index (χ3n) is 4.18. The van der Waals surface area contributed by atoms with Crippen molar-refractivity contribution in [2.24, 2.45) is 5.41 Å². The minimum atomic E-state index is -0.0442. The predicted octanol–water partition coefficient (Wildman–Crippen LogP) is -0.615. The van der Waals surface area contributed by atoms with Gasteiger partial charge in [-0.05, 0) is 12.8 Å². The first kappa shape index (κ1) is 14.2. The van der Waals surface area contributed by atoms with Gasteiger partial charge in [-0.3, -0.25) is 4.90 Å². The highest BCUT2D eigenvalue weighted by molar-refractivity contribution is 4.86. The highest BCUT2D eigenvalue weighted by Gasteiger charge is 2.35. The van der Waals surface area contributed by atoms with E-state index < -0.39 is 0 Å². The molecule has 2 heterocycles. The number of β-amino-alcohol motifs (C(OH)–C–C–N with tert-alkyl or cyclic N) is 1. The molecule has 0 radical (unpaired) electrons. The Balaban J connectivity index is 1.79. The zero-order valence-corrected chi connectivity index (χ0v) is 11.2. The molecule has 2 saturated heterocycles. The summed E-state index contributed by atoms with van der Waals surface area (Å²) in [5, 5.41) is 18.6. The molecule has 0 aliphatic carbocycles. The first-order chi connectivity index (χ1) is 8.78. The van der Waals surface area contributed by atoms with Gasteiger partial charge in [-0.25, -0.2) is 0 Å². The van der Waals surface area contributed by atoms with E-state index in [1.54, 1.807) is 0 Å². The normalized spacial score (nSPS) is 31.7. The van der Waals surface area contributed by atoms with Gasteiger partial charge in [-0.2, -0.15) is 0 Å². The summed E-state index contributed by atoms with van der Waals surface area (Å²) in [6, 6.07) is 0. The molecule has 106 valence electrons. The van der Waals surface area contributed by atoms with Gasteiger partial charge in [0.1, 0.15) is 0 Å². The minimum Gasteiger partial charge on any atom is -0.396 e. The van der Waals surface area contributed by atoms with E-state index in [4.69, 9.17) is 9.84 Å². The van der Waals surface area contributed by atoms with Gasteiger partial charge < -0.3 is 19.8 Å². The number of rotatable bonds is 5. The average Bonchev–Trinajstić information content (AvgIpc) is 2.42. The lowest BCUT2D eigenvalue weighted by Gasteiger charge is -2.42. The molecule has 2 aliphatic heterocycles. The van der Waals surface area contributed by atoms with Crippen LogP contribution in [-0.2, 0) is 4.74 Å². The Morgan fingerprint density at radius 2 is 1.78 bits per heavy atom. The molecule has 2 fully saturated rings. The van der Waals surface area contributed by atoms with Crippen LogP contribution in [0.5, 0.6) is 0 Å². The van der Waals surface area contributed by atoms with E-state index in [0.717, 1.165) is 58.7 Å². The maximum atomic E-state index is 9.66. The van der Waals surface area contributed by atoms with Gasteiger partial charge in [0.25, 0.3) is 0 Å². The number of piperazine rings is 1. The summed E-state index contributed by atoms with van der Waals surface area (Å²) >= 11 is 0. The Morgan fingerprint density at radius 3 is 2.33 bits per heavy atom. The summed E-state index contributed by atoms with van der Waals surface area (Å²) < 4.78 is 5.55. The van der Waals surface area contributed by atoms with E-state index in [-0.39, 0.29) is 18.6 Å². The standard InChI is InChI=1S/C13H26N2O3/c16-8-7-14-3-5-15(6-4-14)10-13(11-17)2-1-9-18-12-13/h16-17H,1-12H2. The van der Waals surface area contributed by atoms with Crippen molar-refractivity contribution >= 4 is 0 Å². The first-order valence-corrected chi connectivity index (χ1v) is 7.02. The van der Waals surface area contributed by atoms with Crippen molar-refractivity contribution in [1.82, 2.24) is 9.80 Å². The molecule has 0 bridgehead atoms. The highest BCUT2D eigenvalue weighted by Crippen LogP contribution is 2.29. The second-order valence-electron chi connectivity index (χ2n) is 5.66. The molecular weight excluding hydrogens is 232 g/mol. The molecule has 2 rings (SSSR count). The second-order valence-corrected chi connectivity index (χ2v) is 5.66. The van der Waals surface area contributed by atoms with Crippen LogP contribution in [-0.4, -0.2) is 85.7 Å². The molecule has 0 spiro atoms. The van der Waals surface area contributed by atoms with Crippen molar-refractivity contribution in [2.45, 2.75) is 12.8 Å². The number of ether oxygens (including phenoxy) is 1. The minimum absolute atomic E-state index is 0.0442. The van der Waals surface area contributed by atoms with Crippen LogP contribution < -0.4 is 0 Å². The third kappa shape index (κ3) is 3.65. The van der Waals surface area contributed by atoms with Crippen LogP contribution in [0.4, 0.5) is 0 Å². The summed E-state index contributed by atoms with van der Waals surface area (Å²) in [5.74, 6) is 0. The topological polar surface area (TPSA) is 56.2 Å². The SMILES string of the molecule is OCCN1CCN(CC2(CO)CCCOC2)CC1. The Labute approximate surface area is 109 Å². The first-order valence-electron chi connectivity index (χ1n) is 7.02. The Hall–Kier alpha value is -0.200. The number of nitrogens with zero attached hydrogens (tertiary/aromatic N) is 2. The summed E-state index contributed by atoms with van der Waals surface area (Å²) in [5.41, 5.74) is -0.0442. The summed E-state index contributed by atoms with van der Waals surface area (Å²) in [6.07, 6.45) is 2.13. The molecule has 2 aliphatic rings. The van der Waals surface area contributed by atoms with Gasteiger partial charge in [-0.15, -0.1) is 0 Å². The zero-order chi connectivity index (χ0) is 12.8. The summed E-state index contributed by atoms with van der Waals surface area (Å²) in [4.78, 5) is 4.72. The van der Waals surface area contributed by atoms with Crippen LogP contribution in [0.1, 0.15) is 12.8 Å². The zero-order valence-electron chi connectivity index (χ0n) is 11.2. The van der Waals surface area contributed by atoms with Crippen LogP contribution >= 0.6 is 0 Å². The van der Waals surface area contributed by atoms with Crippen LogP contribution in [0.2, 0.25) is 0 Å². The molecule has 5 heteroatoms. The molecule has 0 amide bonds. The lowest BCUT2D eigenvalue weighted by molar-refractivity contribution is -0.0606. The fourth-order valence-electron chi connectivity index (χ4n) is 3.00. The molecule has 0 aromatic heterocycles. The fourth-order valence-corrected chi connectivity index (χ4v) is 3.00. The smallest absolute Gasteiger partial charge is 0.0558 e. The van der Waals surface area contributed by atoms with Gasteiger partial charge in [0.15, 0.2) is 0 Å². The molecule has 0 aromatic rings. The van der Waals surface area contributed by atoms with Crippen molar-refractivity contribution in [3.63, 3.8) is 0 Å². The molecule has 2 N–H and O–H groups in total. The van der Waals surface area contributed by atoms with E-state index in [9.17, 15) is 5.11 Å². The van der Waals surface area contributed by atoms with E-state index in [1.807, 2.05) is 0 Å². The number of hydrogen-bond acceptors (Lipinski definition) is 5. The quantitative estimate of drug-likeness (QED) is 0.689.